The number of rotatable bonds is 5. The summed E-state index contributed by atoms with van der Waals surface area (Å²) in [7, 11) is -1.33. The van der Waals surface area contributed by atoms with Crippen LogP contribution in [0.1, 0.15) is 6.92 Å². The number of aliphatic hydroxyl groups excluding tert-OH is 1. The third-order valence-corrected chi connectivity index (χ3v) is 3.17. The number of hydrogen-bond acceptors (Lipinski definition) is 4. The summed E-state index contributed by atoms with van der Waals surface area (Å²) in [6.07, 6.45) is 5.13. The van der Waals surface area contributed by atoms with Gasteiger partial charge in [-0.1, -0.05) is 18.1 Å². The topological polar surface area (TPSA) is 73.0 Å². The zero-order chi connectivity index (χ0) is 14.1. The lowest BCUT2D eigenvalue weighted by molar-refractivity contribution is -0.0719. The fourth-order valence-electron chi connectivity index (χ4n) is 1.18. The highest BCUT2D eigenvalue weighted by molar-refractivity contribution is 7.85. The second-order valence-electron chi connectivity index (χ2n) is 3.21. The summed E-state index contributed by atoms with van der Waals surface area (Å²) in [4.78, 5) is 4.03. The SMILES string of the molecule is C#CCS(=O)c1ccccc1N=[N+]=C=C(O)OCC. The minimum Gasteiger partial charge on any atom is -0.470 e. The minimum atomic E-state index is -1.33. The average Bonchev–Trinajstić information content (AvgIpc) is 2.40. The van der Waals surface area contributed by atoms with Crippen molar-refractivity contribution in [3.63, 3.8) is 0 Å². The highest BCUT2D eigenvalue weighted by Crippen LogP contribution is 2.21. The molecule has 0 fully saturated rings. The molecule has 0 saturated carbocycles. The van der Waals surface area contributed by atoms with Gasteiger partial charge in [0.15, 0.2) is 5.69 Å². The molecule has 0 aliphatic rings. The summed E-state index contributed by atoms with van der Waals surface area (Å²) in [5.74, 6) is 4.19. The van der Waals surface area contributed by atoms with E-state index in [4.69, 9.17) is 16.3 Å². The molecule has 1 N–H and O–H groups in total. The Bertz CT molecular complexity index is 607. The number of hydrogen-bond donors (Lipinski definition) is 1. The minimum absolute atomic E-state index is 0.107. The molecule has 1 unspecified atom stereocenters. The van der Waals surface area contributed by atoms with E-state index in [0.29, 0.717) is 17.2 Å². The Kier molecular flexibility index (Phi) is 6.14. The second kappa shape index (κ2) is 7.91. The Hall–Kier alpha value is -2.31. The van der Waals surface area contributed by atoms with Crippen LogP contribution in [0.4, 0.5) is 5.69 Å². The molecule has 0 aliphatic heterocycles. The van der Waals surface area contributed by atoms with Gasteiger partial charge in [-0.15, -0.1) is 6.42 Å². The monoisotopic (exact) mass is 277 g/mol. The van der Waals surface area contributed by atoms with Crippen molar-refractivity contribution in [1.82, 2.24) is 0 Å². The first-order valence-corrected chi connectivity index (χ1v) is 6.77. The van der Waals surface area contributed by atoms with Gasteiger partial charge in [-0.2, -0.15) is 0 Å². The van der Waals surface area contributed by atoms with E-state index in [0.717, 1.165) is 0 Å². The number of aliphatic hydroxyl groups is 1. The Morgan fingerprint density at radius 1 is 1.58 bits per heavy atom. The molecule has 0 amide bonds. The lowest BCUT2D eigenvalue weighted by Gasteiger charge is -1.97. The van der Waals surface area contributed by atoms with Crippen LogP contribution >= 0.6 is 0 Å². The molecule has 0 bridgehead atoms. The molecule has 0 aromatic heterocycles. The first-order valence-electron chi connectivity index (χ1n) is 5.45. The summed E-state index contributed by atoms with van der Waals surface area (Å²) < 4.78 is 16.5. The first kappa shape index (κ1) is 14.7. The second-order valence-corrected chi connectivity index (χ2v) is 4.63. The molecule has 0 spiro atoms. The van der Waals surface area contributed by atoms with E-state index in [1.165, 1.54) is 0 Å². The van der Waals surface area contributed by atoms with E-state index < -0.39 is 16.7 Å². The van der Waals surface area contributed by atoms with Crippen LogP contribution in [0, 0.1) is 12.3 Å². The fourth-order valence-corrected chi connectivity index (χ4v) is 2.06. The van der Waals surface area contributed by atoms with Crippen molar-refractivity contribution in [2.75, 3.05) is 12.4 Å². The lowest BCUT2D eigenvalue weighted by atomic mass is 10.3. The summed E-state index contributed by atoms with van der Waals surface area (Å²) in [6.45, 7) is 2.02. The van der Waals surface area contributed by atoms with E-state index >= 15 is 0 Å². The van der Waals surface area contributed by atoms with Gasteiger partial charge in [0.05, 0.1) is 28.1 Å². The standard InChI is InChI=1S/C13H12N2O3S/c1-3-9-19(17)12-8-6-5-7-11(12)15-14-10-13(16)18-4-2/h1,5-8H,4,9H2,2H3/p+1. The summed E-state index contributed by atoms with van der Waals surface area (Å²) in [6, 6.07) is 6.78. The van der Waals surface area contributed by atoms with Crippen LogP contribution in [-0.2, 0) is 15.5 Å². The van der Waals surface area contributed by atoms with Crippen molar-refractivity contribution in [2.24, 2.45) is 5.11 Å². The molecule has 1 rings (SSSR count). The quantitative estimate of drug-likeness (QED) is 0.293. The summed E-state index contributed by atoms with van der Waals surface area (Å²) in [5, 5.41) is 13.0. The van der Waals surface area contributed by atoms with Crippen LogP contribution in [0.25, 0.3) is 0 Å². The zero-order valence-corrected chi connectivity index (χ0v) is 11.2. The Morgan fingerprint density at radius 3 is 3.00 bits per heavy atom. The molecule has 0 aliphatic carbocycles. The highest BCUT2D eigenvalue weighted by atomic mass is 32.2. The van der Waals surface area contributed by atoms with Gasteiger partial charge < -0.3 is 9.84 Å². The molecule has 1 aromatic rings. The normalized spacial score (nSPS) is 10.5. The molecule has 19 heavy (non-hydrogen) atoms. The van der Waals surface area contributed by atoms with Gasteiger partial charge in [-0.3, -0.25) is 4.21 Å². The largest absolute Gasteiger partial charge is 0.470 e. The molecule has 1 atom stereocenters. The number of terminal acetylenes is 1. The molecule has 98 valence electrons. The van der Waals surface area contributed by atoms with E-state index in [1.54, 1.807) is 31.2 Å². The third-order valence-electron chi connectivity index (χ3n) is 1.91. The maximum absolute atomic E-state index is 11.8. The third kappa shape index (κ3) is 4.82. The van der Waals surface area contributed by atoms with Crippen molar-refractivity contribution < 1.29 is 18.8 Å². The average molecular weight is 277 g/mol. The van der Waals surface area contributed by atoms with Gasteiger partial charge in [-0.05, 0) is 19.1 Å². The maximum Gasteiger partial charge on any atom is 0.441 e. The van der Waals surface area contributed by atoms with E-state index in [9.17, 15) is 4.21 Å². The van der Waals surface area contributed by atoms with Crippen LogP contribution in [0.3, 0.4) is 0 Å². The molecule has 1 aromatic carbocycles. The van der Waals surface area contributed by atoms with Gasteiger partial charge in [0.2, 0.25) is 0 Å². The van der Waals surface area contributed by atoms with Crippen LogP contribution in [-0.4, -0.2) is 32.3 Å². The van der Waals surface area contributed by atoms with Gasteiger partial charge in [0.25, 0.3) is 0 Å². The summed E-state index contributed by atoms with van der Waals surface area (Å²) in [5.41, 5.74) is 0.410. The van der Waals surface area contributed by atoms with Crippen molar-refractivity contribution in [3.8, 4) is 12.3 Å². The van der Waals surface area contributed by atoms with Gasteiger partial charge in [0.1, 0.15) is 9.90 Å². The highest BCUT2D eigenvalue weighted by Gasteiger charge is 2.10. The maximum atomic E-state index is 11.8. The molecule has 5 nitrogen and oxygen atoms in total. The molecule has 0 saturated heterocycles. The number of benzene rings is 1. The molecule has 0 heterocycles. The van der Waals surface area contributed by atoms with E-state index in [1.807, 2.05) is 0 Å². The van der Waals surface area contributed by atoms with Crippen LogP contribution in [0.2, 0.25) is 0 Å². The Balaban J connectivity index is 3.09. The van der Waals surface area contributed by atoms with Crippen molar-refractivity contribution in [2.45, 2.75) is 11.8 Å². The van der Waals surface area contributed by atoms with Gasteiger partial charge in [-0.25, -0.2) is 0 Å². The fraction of sp³-hybridized carbons (Fsp3) is 0.231. The zero-order valence-electron chi connectivity index (χ0n) is 10.4. The van der Waals surface area contributed by atoms with Crippen LogP contribution < -0.4 is 0 Å². The smallest absolute Gasteiger partial charge is 0.441 e. The lowest BCUT2D eigenvalue weighted by Crippen LogP contribution is -1.95. The number of ether oxygens (including phenoxy) is 1. The molecular formula is C13H13N2O3S+. The molecule has 0 radical (unpaired) electrons. The van der Waals surface area contributed by atoms with Crippen molar-refractivity contribution >= 4 is 22.4 Å². The first-order chi connectivity index (χ1) is 9.19. The summed E-state index contributed by atoms with van der Waals surface area (Å²) >= 11 is 0. The van der Waals surface area contributed by atoms with E-state index in [2.05, 4.69) is 21.7 Å². The molecule has 6 heteroatoms. The number of nitrogens with zero attached hydrogens (tertiary/aromatic N) is 2. The van der Waals surface area contributed by atoms with E-state index in [-0.39, 0.29) is 5.75 Å². The van der Waals surface area contributed by atoms with Crippen LogP contribution in [0.15, 0.2) is 40.2 Å². The molecular weight excluding hydrogens is 264 g/mol. The predicted octanol–water partition coefficient (Wildman–Crippen LogP) is 1.82. The Labute approximate surface area is 113 Å². The van der Waals surface area contributed by atoms with Crippen molar-refractivity contribution in [1.29, 1.82) is 0 Å². The Morgan fingerprint density at radius 2 is 2.32 bits per heavy atom. The predicted molar refractivity (Wildman–Crippen MR) is 71.7 cm³/mol. The van der Waals surface area contributed by atoms with Crippen LogP contribution in [0.5, 0.6) is 0 Å². The van der Waals surface area contributed by atoms with Crippen molar-refractivity contribution in [3.05, 3.63) is 30.2 Å². The van der Waals surface area contributed by atoms with Gasteiger partial charge in [0, 0.05) is 0 Å². The van der Waals surface area contributed by atoms with Gasteiger partial charge >= 0.3 is 11.8 Å².